The normalized spacial score (nSPS) is 10.7. The van der Waals surface area contributed by atoms with E-state index < -0.39 is 0 Å². The summed E-state index contributed by atoms with van der Waals surface area (Å²) >= 11 is 2.94. The Kier molecular flexibility index (Phi) is 2.56. The van der Waals surface area contributed by atoms with Crippen LogP contribution in [0.2, 0.25) is 0 Å². The third-order valence-corrected chi connectivity index (χ3v) is 4.02. The molecule has 1 heterocycles. The lowest BCUT2D eigenvalue weighted by Gasteiger charge is -1.98. The van der Waals surface area contributed by atoms with Gasteiger partial charge in [0.1, 0.15) is 5.82 Å². The molecule has 0 unspecified atom stereocenters. The van der Waals surface area contributed by atoms with Crippen LogP contribution < -0.4 is 5.43 Å². The highest BCUT2D eigenvalue weighted by atomic mass is 32.2. The summed E-state index contributed by atoms with van der Waals surface area (Å²) in [5.74, 6) is -0.300. The topological polar surface area (TPSA) is 17.1 Å². The van der Waals surface area contributed by atoms with Crippen molar-refractivity contribution in [2.24, 2.45) is 0 Å². The molecule has 0 spiro atoms. The predicted molar refractivity (Wildman–Crippen MR) is 59.8 cm³/mol. The van der Waals surface area contributed by atoms with Gasteiger partial charge in [-0.25, -0.2) is 4.39 Å². The van der Waals surface area contributed by atoms with E-state index in [9.17, 15) is 9.18 Å². The maximum absolute atomic E-state index is 12.9. The zero-order chi connectivity index (χ0) is 10.1. The van der Waals surface area contributed by atoms with E-state index in [4.69, 9.17) is 0 Å². The largest absolute Gasteiger partial charge is 0.289 e. The van der Waals surface area contributed by atoms with Crippen molar-refractivity contribution in [2.45, 2.75) is 4.21 Å². The van der Waals surface area contributed by atoms with Crippen LogP contribution in [-0.4, -0.2) is 6.26 Å². The summed E-state index contributed by atoms with van der Waals surface area (Å²) in [5, 5.41) is 0.592. The molecule has 2 rings (SSSR count). The zero-order valence-corrected chi connectivity index (χ0v) is 9.05. The Bertz CT molecular complexity index is 533. The van der Waals surface area contributed by atoms with E-state index in [1.165, 1.54) is 41.3 Å². The van der Waals surface area contributed by atoms with Gasteiger partial charge < -0.3 is 0 Å². The molecule has 0 bridgehead atoms. The molecule has 0 radical (unpaired) electrons. The molecule has 0 fully saturated rings. The van der Waals surface area contributed by atoms with Crippen LogP contribution in [0, 0.1) is 5.82 Å². The molecule has 0 saturated carbocycles. The number of rotatable bonds is 1. The SMILES string of the molecule is CSc1cc(=O)c2ccc(F)cc2s1. The van der Waals surface area contributed by atoms with Crippen LogP contribution in [0.5, 0.6) is 0 Å². The monoisotopic (exact) mass is 226 g/mol. The van der Waals surface area contributed by atoms with Crippen LogP contribution >= 0.6 is 23.1 Å². The van der Waals surface area contributed by atoms with E-state index in [2.05, 4.69) is 0 Å². The van der Waals surface area contributed by atoms with Gasteiger partial charge in [-0.1, -0.05) is 0 Å². The molecule has 0 saturated heterocycles. The first-order chi connectivity index (χ1) is 6.70. The Balaban J connectivity index is 2.84. The van der Waals surface area contributed by atoms with Gasteiger partial charge in [0.05, 0.1) is 4.21 Å². The van der Waals surface area contributed by atoms with Crippen molar-refractivity contribution < 1.29 is 4.39 Å². The molecule has 0 atom stereocenters. The van der Waals surface area contributed by atoms with Crippen LogP contribution in [0.1, 0.15) is 0 Å². The van der Waals surface area contributed by atoms with Crippen molar-refractivity contribution in [3.8, 4) is 0 Å². The molecular formula is C10H7FOS2. The van der Waals surface area contributed by atoms with E-state index in [1.807, 2.05) is 6.26 Å². The fourth-order valence-electron chi connectivity index (χ4n) is 1.21. The van der Waals surface area contributed by atoms with Crippen molar-refractivity contribution in [1.29, 1.82) is 0 Å². The maximum atomic E-state index is 12.9. The maximum Gasteiger partial charge on any atom is 0.189 e. The molecule has 0 N–H and O–H groups in total. The highest BCUT2D eigenvalue weighted by Gasteiger charge is 2.02. The van der Waals surface area contributed by atoms with Gasteiger partial charge in [0.25, 0.3) is 0 Å². The fourth-order valence-corrected chi connectivity index (χ4v) is 2.87. The van der Waals surface area contributed by atoms with Crippen LogP contribution in [0.25, 0.3) is 10.1 Å². The molecular weight excluding hydrogens is 219 g/mol. The summed E-state index contributed by atoms with van der Waals surface area (Å²) in [5.41, 5.74) is -0.0388. The Labute approximate surface area is 88.6 Å². The number of thioether (sulfide) groups is 1. The van der Waals surface area contributed by atoms with E-state index in [1.54, 1.807) is 6.07 Å². The summed E-state index contributed by atoms with van der Waals surface area (Å²) in [4.78, 5) is 11.5. The first-order valence-electron chi connectivity index (χ1n) is 3.98. The van der Waals surface area contributed by atoms with E-state index in [0.717, 1.165) is 4.21 Å². The molecule has 0 aliphatic heterocycles. The Morgan fingerprint density at radius 1 is 1.36 bits per heavy atom. The Morgan fingerprint density at radius 2 is 2.14 bits per heavy atom. The van der Waals surface area contributed by atoms with Gasteiger partial charge in [-0.05, 0) is 24.5 Å². The summed E-state index contributed by atoms with van der Waals surface area (Å²) in [6.07, 6.45) is 1.90. The van der Waals surface area contributed by atoms with Crippen molar-refractivity contribution in [1.82, 2.24) is 0 Å². The third-order valence-electron chi connectivity index (χ3n) is 1.87. The molecule has 0 aliphatic carbocycles. The molecule has 4 heteroatoms. The second-order valence-corrected chi connectivity index (χ2v) is 4.96. The van der Waals surface area contributed by atoms with Gasteiger partial charge in [-0.2, -0.15) is 0 Å². The van der Waals surface area contributed by atoms with Crippen LogP contribution in [0.4, 0.5) is 4.39 Å². The van der Waals surface area contributed by atoms with E-state index in [0.29, 0.717) is 10.1 Å². The molecule has 0 amide bonds. The molecule has 2 aromatic rings. The van der Waals surface area contributed by atoms with Crippen LogP contribution in [-0.2, 0) is 0 Å². The molecule has 0 aliphatic rings. The van der Waals surface area contributed by atoms with E-state index in [-0.39, 0.29) is 11.2 Å². The van der Waals surface area contributed by atoms with Gasteiger partial charge in [0, 0.05) is 16.2 Å². The van der Waals surface area contributed by atoms with E-state index >= 15 is 0 Å². The summed E-state index contributed by atoms with van der Waals surface area (Å²) in [7, 11) is 0. The second-order valence-electron chi connectivity index (χ2n) is 2.77. The number of halogens is 1. The molecule has 1 aromatic carbocycles. The zero-order valence-electron chi connectivity index (χ0n) is 7.41. The van der Waals surface area contributed by atoms with Gasteiger partial charge in [-0.15, -0.1) is 23.1 Å². The lowest BCUT2D eigenvalue weighted by Crippen LogP contribution is -1.98. The smallest absolute Gasteiger partial charge is 0.189 e. The Morgan fingerprint density at radius 3 is 2.86 bits per heavy atom. The van der Waals surface area contributed by atoms with Crippen molar-refractivity contribution in [3.63, 3.8) is 0 Å². The minimum atomic E-state index is -0.300. The minimum Gasteiger partial charge on any atom is -0.289 e. The third kappa shape index (κ3) is 1.67. The predicted octanol–water partition coefficient (Wildman–Crippen LogP) is 3.12. The first-order valence-corrected chi connectivity index (χ1v) is 6.02. The van der Waals surface area contributed by atoms with Crippen LogP contribution in [0.15, 0.2) is 33.3 Å². The van der Waals surface area contributed by atoms with Gasteiger partial charge >= 0.3 is 0 Å². The quantitative estimate of drug-likeness (QED) is 0.695. The average Bonchev–Trinajstić information content (AvgIpc) is 2.16. The summed E-state index contributed by atoms with van der Waals surface area (Å²) in [6, 6.07) is 5.85. The van der Waals surface area contributed by atoms with Crippen molar-refractivity contribution in [2.75, 3.05) is 6.26 Å². The summed E-state index contributed by atoms with van der Waals surface area (Å²) < 4.78 is 14.5. The first kappa shape index (κ1) is 9.68. The molecule has 14 heavy (non-hydrogen) atoms. The molecule has 72 valence electrons. The lowest BCUT2D eigenvalue weighted by atomic mass is 10.2. The molecule has 1 aromatic heterocycles. The Hall–Kier alpha value is -0.870. The number of fused-ring (bicyclic) bond motifs is 1. The van der Waals surface area contributed by atoms with Crippen molar-refractivity contribution >= 4 is 33.2 Å². The van der Waals surface area contributed by atoms with Crippen molar-refractivity contribution in [3.05, 3.63) is 40.3 Å². The fraction of sp³-hybridized carbons (Fsp3) is 0.100. The van der Waals surface area contributed by atoms with Crippen LogP contribution in [0.3, 0.4) is 0 Å². The highest BCUT2D eigenvalue weighted by molar-refractivity contribution is 8.00. The standard InChI is InChI=1S/C10H7FOS2/c1-13-10-5-8(12)7-3-2-6(11)4-9(7)14-10/h2-5H,1H3. The number of hydrogen-bond acceptors (Lipinski definition) is 3. The molecule has 1 nitrogen and oxygen atoms in total. The average molecular weight is 226 g/mol. The van der Waals surface area contributed by atoms with Gasteiger partial charge in [0.2, 0.25) is 0 Å². The lowest BCUT2D eigenvalue weighted by molar-refractivity contribution is 0.630. The van der Waals surface area contributed by atoms with Gasteiger partial charge in [-0.3, -0.25) is 4.79 Å². The summed E-state index contributed by atoms with van der Waals surface area (Å²) in [6.45, 7) is 0. The highest BCUT2D eigenvalue weighted by Crippen LogP contribution is 2.25. The van der Waals surface area contributed by atoms with Gasteiger partial charge in [0.15, 0.2) is 5.43 Å². The number of benzene rings is 1. The second kappa shape index (κ2) is 3.71. The minimum absolute atomic E-state index is 0.0388. The number of hydrogen-bond donors (Lipinski definition) is 0.